The Bertz CT molecular complexity index is 2020. The zero-order chi connectivity index (χ0) is 73.0. The maximum atomic E-state index is 13.1. The number of aliphatic hydroxyl groups is 1. The van der Waals surface area contributed by atoms with Crippen LogP contribution in [0.2, 0.25) is 0 Å². The number of rotatable bonds is 76. The number of allylic oxidation sites excluding steroid dienone is 4. The predicted molar refractivity (Wildman–Crippen MR) is 404 cm³/mol. The highest BCUT2D eigenvalue weighted by atomic mass is 31.2. The second-order valence-electron chi connectivity index (χ2n) is 29.5. The molecule has 0 fully saturated rings. The molecule has 0 bridgehead atoms. The lowest BCUT2D eigenvalue weighted by Crippen LogP contribution is -2.30. The summed E-state index contributed by atoms with van der Waals surface area (Å²) in [6.07, 6.45) is 60.6. The third kappa shape index (κ3) is 73.6. The van der Waals surface area contributed by atoms with Crippen molar-refractivity contribution in [1.29, 1.82) is 0 Å². The summed E-state index contributed by atoms with van der Waals surface area (Å²) in [5.74, 6) is 0.133. The van der Waals surface area contributed by atoms with Crippen molar-refractivity contribution < 1.29 is 80.2 Å². The van der Waals surface area contributed by atoms with Gasteiger partial charge in [0.05, 0.1) is 26.4 Å². The Hall–Kier alpha value is -2.46. The van der Waals surface area contributed by atoms with E-state index in [2.05, 4.69) is 72.8 Å². The van der Waals surface area contributed by atoms with E-state index in [-0.39, 0.29) is 25.7 Å². The molecule has 3 N–H and O–H groups in total. The minimum absolute atomic E-state index is 0.101. The van der Waals surface area contributed by atoms with E-state index in [1.165, 1.54) is 180 Å². The highest BCUT2D eigenvalue weighted by Gasteiger charge is 2.30. The van der Waals surface area contributed by atoms with Crippen molar-refractivity contribution in [1.82, 2.24) is 0 Å². The summed E-state index contributed by atoms with van der Waals surface area (Å²) in [5, 5.41) is 10.6. The number of phosphoric acid groups is 2. The first-order valence-corrected chi connectivity index (χ1v) is 43.7. The van der Waals surface area contributed by atoms with Crippen molar-refractivity contribution in [2.24, 2.45) is 17.8 Å². The van der Waals surface area contributed by atoms with E-state index >= 15 is 0 Å². The molecular formula is C80H152O17P2. The van der Waals surface area contributed by atoms with Crippen LogP contribution in [-0.4, -0.2) is 96.7 Å². The van der Waals surface area contributed by atoms with Crippen LogP contribution in [0.15, 0.2) is 24.3 Å². The number of ether oxygens (including phenoxy) is 4. The van der Waals surface area contributed by atoms with Crippen molar-refractivity contribution >= 4 is 39.5 Å². The van der Waals surface area contributed by atoms with Gasteiger partial charge in [-0.3, -0.25) is 37.3 Å². The Balaban J connectivity index is 5.26. The molecule has 0 saturated heterocycles. The van der Waals surface area contributed by atoms with Crippen LogP contribution in [0.3, 0.4) is 0 Å². The molecule has 19 heteroatoms. The number of carbonyl (C=O) groups is 4. The molecule has 0 radical (unpaired) electrons. The highest BCUT2D eigenvalue weighted by molar-refractivity contribution is 7.47. The Morgan fingerprint density at radius 3 is 0.818 bits per heavy atom. The number of hydrogen-bond acceptors (Lipinski definition) is 15. The number of phosphoric ester groups is 2. The van der Waals surface area contributed by atoms with E-state index in [1.807, 2.05) is 0 Å². The molecule has 0 amide bonds. The Kier molecular flexibility index (Phi) is 68.1. The van der Waals surface area contributed by atoms with Crippen molar-refractivity contribution in [3.8, 4) is 0 Å². The van der Waals surface area contributed by atoms with Crippen LogP contribution in [0, 0.1) is 17.8 Å². The lowest BCUT2D eigenvalue weighted by Gasteiger charge is -2.21. The molecule has 99 heavy (non-hydrogen) atoms. The molecule has 0 aliphatic heterocycles. The standard InChI is InChI=1S/C80H152O17P2/c1-8-9-10-11-12-13-14-15-20-24-27-32-40-47-54-61-77(82)90-67-75(96-79(84)63-56-49-42-33-28-25-22-19-17-16-18-21-23-26-30-37-44-51-58-71(2)3)69-94-98(86,87)92-65-74(81)66-93-99(88,89)95-70-76(68-91-78(83)62-55-48-41-36-35-39-46-53-60-73(6)7)97-80(85)64-57-50-43-34-29-31-38-45-52-59-72(4)5/h13-15,20,71-76,81H,8-12,16-19,21-70H2,1-7H3,(H,86,87)(H,88,89)/b14-13-,20-15-/t74?,75-,76-/m1/s1. The fraction of sp³-hybridized carbons (Fsp3) is 0.900. The van der Waals surface area contributed by atoms with Gasteiger partial charge >= 0.3 is 39.5 Å². The zero-order valence-corrected chi connectivity index (χ0v) is 66.2. The first-order valence-electron chi connectivity index (χ1n) is 40.7. The van der Waals surface area contributed by atoms with E-state index < -0.39 is 97.5 Å². The number of unbranched alkanes of at least 4 members (excludes halogenated alkanes) is 41. The van der Waals surface area contributed by atoms with Gasteiger partial charge in [-0.2, -0.15) is 0 Å². The molecule has 0 spiro atoms. The lowest BCUT2D eigenvalue weighted by atomic mass is 10.0. The van der Waals surface area contributed by atoms with Gasteiger partial charge in [-0.25, -0.2) is 9.13 Å². The molecule has 0 rings (SSSR count). The largest absolute Gasteiger partial charge is 0.472 e. The minimum Gasteiger partial charge on any atom is -0.462 e. The van der Waals surface area contributed by atoms with Crippen molar-refractivity contribution in [2.45, 2.75) is 407 Å². The summed E-state index contributed by atoms with van der Waals surface area (Å²) in [4.78, 5) is 72.9. The molecule has 0 aromatic rings. The van der Waals surface area contributed by atoms with Crippen LogP contribution >= 0.6 is 15.6 Å². The molecule has 0 aliphatic carbocycles. The Morgan fingerprint density at radius 1 is 0.313 bits per heavy atom. The maximum Gasteiger partial charge on any atom is 0.472 e. The fourth-order valence-corrected chi connectivity index (χ4v) is 13.3. The summed E-state index contributed by atoms with van der Waals surface area (Å²) >= 11 is 0. The van der Waals surface area contributed by atoms with Gasteiger partial charge < -0.3 is 33.8 Å². The molecule has 0 aliphatic rings. The lowest BCUT2D eigenvalue weighted by molar-refractivity contribution is -0.161. The Morgan fingerprint density at radius 2 is 0.545 bits per heavy atom. The van der Waals surface area contributed by atoms with Crippen LogP contribution in [0.4, 0.5) is 0 Å². The van der Waals surface area contributed by atoms with Gasteiger partial charge in [0.15, 0.2) is 12.2 Å². The van der Waals surface area contributed by atoms with E-state index in [9.17, 15) is 43.2 Å². The SMILES string of the molecule is CCCCCC/C=C\C=C/CCCCCCCC(=O)OC[C@H](COP(=O)(O)OCC(O)COP(=O)(O)OC[C@@H](COC(=O)CCCCCCCCCCC(C)C)OC(=O)CCCCCCCCCCCC(C)C)OC(=O)CCCCCCCCCCCCCCCCCCCCC(C)C. The molecule has 3 unspecified atom stereocenters. The molecule has 5 atom stereocenters. The Labute approximate surface area is 605 Å². The van der Waals surface area contributed by atoms with Gasteiger partial charge in [0.25, 0.3) is 0 Å². The van der Waals surface area contributed by atoms with Crippen LogP contribution in [-0.2, 0) is 65.4 Å². The fourth-order valence-electron chi connectivity index (χ4n) is 11.8. The third-order valence-electron chi connectivity index (χ3n) is 18.0. The van der Waals surface area contributed by atoms with Gasteiger partial charge in [0.2, 0.25) is 0 Å². The second-order valence-corrected chi connectivity index (χ2v) is 32.5. The molecule has 584 valence electrons. The monoisotopic (exact) mass is 1450 g/mol. The molecule has 0 heterocycles. The quantitative estimate of drug-likeness (QED) is 0.0169. The van der Waals surface area contributed by atoms with E-state index in [4.69, 9.17) is 37.0 Å². The normalized spacial score (nSPS) is 14.2. The van der Waals surface area contributed by atoms with Gasteiger partial charge in [-0.05, 0) is 69.1 Å². The topological polar surface area (TPSA) is 237 Å². The van der Waals surface area contributed by atoms with Gasteiger partial charge in [0, 0.05) is 25.7 Å². The summed E-state index contributed by atoms with van der Waals surface area (Å²) in [7, 11) is -9.93. The first-order chi connectivity index (χ1) is 47.7. The zero-order valence-electron chi connectivity index (χ0n) is 64.4. The molecule has 17 nitrogen and oxygen atoms in total. The second kappa shape index (κ2) is 69.9. The molecule has 0 aromatic heterocycles. The van der Waals surface area contributed by atoms with Crippen molar-refractivity contribution in [2.75, 3.05) is 39.6 Å². The predicted octanol–water partition coefficient (Wildman–Crippen LogP) is 23.3. The van der Waals surface area contributed by atoms with E-state index in [0.717, 1.165) is 127 Å². The van der Waals surface area contributed by atoms with Crippen molar-refractivity contribution in [3.05, 3.63) is 24.3 Å². The number of hydrogen-bond donors (Lipinski definition) is 3. The summed E-state index contributed by atoms with van der Waals surface area (Å²) in [6, 6.07) is 0. The van der Waals surface area contributed by atoms with E-state index in [1.54, 1.807) is 0 Å². The van der Waals surface area contributed by atoms with Crippen LogP contribution in [0.25, 0.3) is 0 Å². The number of carbonyl (C=O) groups excluding carboxylic acids is 4. The average Bonchev–Trinajstić information content (AvgIpc) is 0.967. The smallest absolute Gasteiger partial charge is 0.462 e. The van der Waals surface area contributed by atoms with E-state index in [0.29, 0.717) is 25.7 Å². The maximum absolute atomic E-state index is 13.1. The molecule has 0 aromatic carbocycles. The first kappa shape index (κ1) is 96.5. The highest BCUT2D eigenvalue weighted by Crippen LogP contribution is 2.45. The third-order valence-corrected chi connectivity index (χ3v) is 19.9. The van der Waals surface area contributed by atoms with Gasteiger partial charge in [0.1, 0.15) is 19.3 Å². The summed E-state index contributed by atoms with van der Waals surface area (Å²) in [5.41, 5.74) is 0. The summed E-state index contributed by atoms with van der Waals surface area (Å²) in [6.45, 7) is 11.8. The van der Waals surface area contributed by atoms with Crippen LogP contribution < -0.4 is 0 Å². The molecular weight excluding hydrogens is 1290 g/mol. The van der Waals surface area contributed by atoms with Crippen LogP contribution in [0.1, 0.15) is 389 Å². The van der Waals surface area contributed by atoms with Crippen molar-refractivity contribution in [3.63, 3.8) is 0 Å². The van der Waals surface area contributed by atoms with Crippen LogP contribution in [0.5, 0.6) is 0 Å². The average molecular weight is 1450 g/mol. The number of esters is 4. The minimum atomic E-state index is -4.97. The van der Waals surface area contributed by atoms with Gasteiger partial charge in [-0.15, -0.1) is 0 Å². The summed E-state index contributed by atoms with van der Waals surface area (Å²) < 4.78 is 68.6. The molecule has 0 saturated carbocycles. The number of aliphatic hydroxyl groups excluding tert-OH is 1. The van der Waals surface area contributed by atoms with Gasteiger partial charge in [-0.1, -0.05) is 336 Å².